The summed E-state index contributed by atoms with van der Waals surface area (Å²) in [7, 11) is 0. The van der Waals surface area contributed by atoms with Gasteiger partial charge in [0.2, 0.25) is 53.2 Å². The van der Waals surface area contributed by atoms with Crippen LogP contribution in [0.2, 0.25) is 0 Å². The lowest BCUT2D eigenvalue weighted by molar-refractivity contribution is -0.136. The average molecular weight is 1290 g/mol. The van der Waals surface area contributed by atoms with Crippen LogP contribution >= 0.6 is 11.8 Å². The van der Waals surface area contributed by atoms with E-state index in [0.717, 1.165) is 0 Å². The second-order valence-corrected chi connectivity index (χ2v) is 22.6. The third kappa shape index (κ3) is 35.4. The lowest BCUT2D eigenvalue weighted by Crippen LogP contribution is -2.60. The Morgan fingerprint density at radius 2 is 0.667 bits per heavy atom. The fraction of sp³-hybridized carbons (Fsp3) is 0.679. The fourth-order valence-electron chi connectivity index (χ4n) is 9.02. The highest BCUT2D eigenvalue weighted by Gasteiger charge is 2.35. The first-order valence-corrected chi connectivity index (χ1v) is 32.0. The smallest absolute Gasteiger partial charge is 0.243 e. The normalized spacial score (nSPS) is 14.0. The number of primary amides is 1. The first kappa shape index (κ1) is 80.2. The summed E-state index contributed by atoms with van der Waals surface area (Å²) >= 11 is 1.36. The van der Waals surface area contributed by atoms with Gasteiger partial charge in [0.15, 0.2) is 17.9 Å². The predicted molar refractivity (Wildman–Crippen MR) is 349 cm³/mol. The Balaban J connectivity index is 3.76. The first-order valence-electron chi connectivity index (χ1n) is 30.6. The minimum absolute atomic E-state index is 0.00651. The Kier molecular flexibility index (Phi) is 42.1. The van der Waals surface area contributed by atoms with Crippen molar-refractivity contribution in [3.05, 3.63) is 29.8 Å². The van der Waals surface area contributed by atoms with E-state index in [2.05, 4.69) is 57.5 Å². The van der Waals surface area contributed by atoms with E-state index in [4.69, 9.17) is 68.8 Å². The van der Waals surface area contributed by atoms with Crippen molar-refractivity contribution in [2.75, 3.05) is 57.8 Å². The molecular weight excluding hydrogens is 1190 g/mol. The Labute approximate surface area is 531 Å². The van der Waals surface area contributed by atoms with Gasteiger partial charge in [0, 0.05) is 26.1 Å². The second-order valence-electron chi connectivity index (χ2n) is 21.6. The number of thioether (sulfide) groups is 1. The van der Waals surface area contributed by atoms with Gasteiger partial charge in [-0.1, -0.05) is 12.1 Å². The van der Waals surface area contributed by atoms with E-state index in [1.165, 1.54) is 36.0 Å². The van der Waals surface area contributed by atoms with Gasteiger partial charge in [0.05, 0.1) is 6.04 Å². The summed E-state index contributed by atoms with van der Waals surface area (Å²) in [4.78, 5) is 138. The van der Waals surface area contributed by atoms with Gasteiger partial charge in [0.25, 0.3) is 0 Å². The number of benzene rings is 1. The molecule has 1 rings (SSSR count). The fourth-order valence-corrected chi connectivity index (χ4v) is 9.50. The molecule has 0 aliphatic heterocycles. The number of guanidine groups is 3. The van der Waals surface area contributed by atoms with Crippen molar-refractivity contribution in [1.82, 2.24) is 42.5 Å². The molecule has 0 saturated carbocycles. The molecule has 0 aliphatic carbocycles. The van der Waals surface area contributed by atoms with Crippen LogP contribution in [0, 0.1) is 0 Å². The standard InChI is InChI=1S/C56H105N23O10S/c1-90-32-24-43(52(88)76-42(19-12-31-71-56(67)68)50(86)75-41(18-11-30-70-55(65)66)47(83)72-37(45(62)81)14-2-6-25-57)78-49(85)39(16-4-8-27-59)77-53(89)44(33-34-20-22-35(80)23-21-34)79-51(87)40(17-5-9-28-60)74-48(84)38(15-3-7-26-58)73-46(82)36(61)13-10-29-69-54(63)64/h20-23,36-44,80H,2-19,24-33,57-61H2,1H3,(H2,62,81)(H,72,83)(H,73,82)(H,74,84)(H,75,86)(H,76,88)(H,77,89)(H,78,85)(H,79,87)(H4,63,64,69)(H4,65,66,70)(H4,67,68,71)/t36-,37-,38-,39-,40-,41-,42-,43-,44-/m0/s1. The number of carbonyl (C=O) groups is 9. The second kappa shape index (κ2) is 47.2. The summed E-state index contributed by atoms with van der Waals surface area (Å²) < 4.78 is 0. The third-order valence-electron chi connectivity index (χ3n) is 14.1. The van der Waals surface area contributed by atoms with Crippen molar-refractivity contribution in [3.8, 4) is 5.75 Å². The Bertz CT molecular complexity index is 2430. The lowest BCUT2D eigenvalue weighted by Gasteiger charge is -2.28. The van der Waals surface area contributed by atoms with Gasteiger partial charge in [-0.25, -0.2) is 0 Å². The molecule has 510 valence electrons. The maximum atomic E-state index is 14.8. The molecule has 0 unspecified atom stereocenters. The van der Waals surface area contributed by atoms with Crippen molar-refractivity contribution in [2.45, 2.75) is 183 Å². The maximum Gasteiger partial charge on any atom is 0.243 e. The van der Waals surface area contributed by atoms with E-state index in [1.807, 2.05) is 0 Å². The van der Waals surface area contributed by atoms with Crippen LogP contribution in [0.5, 0.6) is 5.75 Å². The first-order chi connectivity index (χ1) is 42.9. The van der Waals surface area contributed by atoms with Crippen LogP contribution in [0.15, 0.2) is 39.2 Å². The van der Waals surface area contributed by atoms with Crippen molar-refractivity contribution in [2.24, 2.45) is 83.8 Å². The molecule has 0 radical (unpaired) electrons. The molecule has 0 heterocycles. The number of aliphatic imine (C=N–C) groups is 3. The van der Waals surface area contributed by atoms with Crippen LogP contribution in [0.4, 0.5) is 0 Å². The molecule has 9 amide bonds. The Morgan fingerprint density at radius 3 is 0.989 bits per heavy atom. The van der Waals surface area contributed by atoms with Crippen LogP contribution < -0.4 is 111 Å². The van der Waals surface area contributed by atoms with Gasteiger partial charge < -0.3 is 116 Å². The van der Waals surface area contributed by atoms with Gasteiger partial charge in [-0.2, -0.15) is 11.8 Å². The number of nitrogens with one attached hydrogen (secondary N) is 8. The number of phenolic OH excluding ortho intramolecular Hbond substituents is 1. The highest BCUT2D eigenvalue weighted by Crippen LogP contribution is 2.15. The summed E-state index contributed by atoms with van der Waals surface area (Å²) in [5, 5.41) is 31.9. The summed E-state index contributed by atoms with van der Waals surface area (Å²) in [5.41, 5.74) is 68.4. The van der Waals surface area contributed by atoms with E-state index in [9.17, 15) is 48.3 Å². The van der Waals surface area contributed by atoms with Crippen molar-refractivity contribution >= 4 is 82.8 Å². The number of carbonyl (C=O) groups excluding carboxylic acids is 9. The zero-order valence-corrected chi connectivity index (χ0v) is 52.9. The Hall–Kier alpha value is -7.79. The predicted octanol–water partition coefficient (Wildman–Crippen LogP) is -5.94. The molecule has 0 bridgehead atoms. The quantitative estimate of drug-likeness (QED) is 0.0164. The van der Waals surface area contributed by atoms with Crippen molar-refractivity contribution in [3.63, 3.8) is 0 Å². The van der Waals surface area contributed by atoms with Gasteiger partial charge in [-0.05, 0) is 178 Å². The van der Waals surface area contributed by atoms with Crippen LogP contribution in [0.1, 0.15) is 128 Å². The number of nitrogens with zero attached hydrogens (tertiary/aromatic N) is 3. The third-order valence-corrected chi connectivity index (χ3v) is 14.7. The highest BCUT2D eigenvalue weighted by molar-refractivity contribution is 7.98. The number of amides is 9. The van der Waals surface area contributed by atoms with E-state index in [0.29, 0.717) is 82.2 Å². The molecule has 33 nitrogen and oxygen atoms in total. The van der Waals surface area contributed by atoms with Crippen LogP contribution in [0.25, 0.3) is 0 Å². The molecule has 1 aromatic carbocycles. The molecule has 90 heavy (non-hydrogen) atoms. The lowest BCUT2D eigenvalue weighted by atomic mass is 10.0. The Morgan fingerprint density at radius 1 is 0.389 bits per heavy atom. The number of hydrogen-bond donors (Lipinski definition) is 21. The SMILES string of the molecule is CSCC[C@H](NC(=O)[C@H](CCCCN)NC(=O)[C@H](Cc1ccc(O)cc1)NC(=O)[C@H](CCCCN)NC(=O)[C@H](CCCCN)NC(=O)[C@@H](N)CCCN=C(N)N)C(=O)N[C@@H](CCCN=C(N)N)C(=O)N[C@@H](CCCN=C(N)N)C(=O)N[C@@H](CCCCN)C(N)=O. The number of hydrogen-bond acceptors (Lipinski definition) is 19. The van der Waals surface area contributed by atoms with Gasteiger partial charge in [-0.15, -0.1) is 0 Å². The zero-order chi connectivity index (χ0) is 67.4. The van der Waals surface area contributed by atoms with Crippen molar-refractivity contribution < 1.29 is 48.3 Å². The average Bonchev–Trinajstić information content (AvgIpc) is 1.48. The minimum atomic E-state index is -1.43. The number of phenols is 1. The van der Waals surface area contributed by atoms with Crippen LogP contribution in [-0.4, -0.2) is 188 Å². The monoisotopic (exact) mass is 1290 g/mol. The topological polar surface area (TPSA) is 619 Å². The van der Waals surface area contributed by atoms with Crippen molar-refractivity contribution in [1.29, 1.82) is 0 Å². The molecule has 0 spiro atoms. The molecule has 0 aromatic heterocycles. The van der Waals surface area contributed by atoms with E-state index in [-0.39, 0.29) is 127 Å². The summed E-state index contributed by atoms with van der Waals surface area (Å²) in [6, 6.07) is -5.46. The highest BCUT2D eigenvalue weighted by atomic mass is 32.2. The number of unbranched alkanes of at least 4 members (excludes halogenated alkanes) is 4. The molecule has 0 aliphatic rings. The summed E-state index contributed by atoms with van der Waals surface area (Å²) in [6.45, 7) is 1.49. The molecule has 0 fully saturated rings. The molecular formula is C56H105N23O10S. The molecule has 34 heteroatoms. The molecule has 33 N–H and O–H groups in total. The van der Waals surface area contributed by atoms with Crippen LogP contribution in [0.3, 0.4) is 0 Å². The molecule has 9 atom stereocenters. The van der Waals surface area contributed by atoms with E-state index in [1.54, 1.807) is 6.26 Å². The molecule has 0 saturated heterocycles. The summed E-state index contributed by atoms with van der Waals surface area (Å²) in [5.74, 6) is -7.23. The van der Waals surface area contributed by atoms with Crippen LogP contribution in [-0.2, 0) is 49.6 Å². The van der Waals surface area contributed by atoms with Gasteiger partial charge >= 0.3 is 0 Å². The van der Waals surface area contributed by atoms with Gasteiger partial charge in [0.1, 0.15) is 54.1 Å². The zero-order valence-electron chi connectivity index (χ0n) is 52.1. The number of nitrogens with two attached hydrogens (primary N) is 12. The van der Waals surface area contributed by atoms with E-state index < -0.39 is 108 Å². The summed E-state index contributed by atoms with van der Waals surface area (Å²) in [6.07, 6.45) is 6.36. The number of rotatable bonds is 50. The maximum absolute atomic E-state index is 14.8. The minimum Gasteiger partial charge on any atom is -0.508 e. The van der Waals surface area contributed by atoms with E-state index >= 15 is 0 Å². The largest absolute Gasteiger partial charge is 0.508 e. The molecule has 1 aromatic rings. The van der Waals surface area contributed by atoms with Gasteiger partial charge in [-0.3, -0.25) is 58.1 Å². The number of aromatic hydroxyl groups is 1.